The van der Waals surface area contributed by atoms with Crippen molar-refractivity contribution in [2.75, 3.05) is 6.54 Å². The average molecular weight is 332 g/mol. The summed E-state index contributed by atoms with van der Waals surface area (Å²) in [7, 11) is 0. The molecule has 23 heavy (non-hydrogen) atoms. The van der Waals surface area contributed by atoms with Crippen molar-refractivity contribution in [1.29, 1.82) is 0 Å². The molecule has 0 saturated heterocycles. The first-order chi connectivity index (χ1) is 10.9. The standard InChI is InChI=1S/C20H26ClNO/c1-13(2)23-20-8-6-16(11-19(20)21)10-18(12-22)17-7-5-14(3)15(4)9-17/h5-9,11,13,18H,10,12,22H2,1-4H3. The zero-order valence-electron chi connectivity index (χ0n) is 14.4. The van der Waals surface area contributed by atoms with E-state index in [0.29, 0.717) is 17.5 Å². The van der Waals surface area contributed by atoms with Gasteiger partial charge in [0, 0.05) is 5.92 Å². The van der Waals surface area contributed by atoms with Gasteiger partial charge in [0.25, 0.3) is 0 Å². The van der Waals surface area contributed by atoms with Crippen LogP contribution < -0.4 is 10.5 Å². The lowest BCUT2D eigenvalue weighted by molar-refractivity contribution is 0.242. The molecule has 0 saturated carbocycles. The molecule has 0 bridgehead atoms. The number of hydrogen-bond acceptors (Lipinski definition) is 2. The Bertz CT molecular complexity index is 667. The Morgan fingerprint density at radius 1 is 1.04 bits per heavy atom. The van der Waals surface area contributed by atoms with Crippen LogP contribution in [0.25, 0.3) is 0 Å². The van der Waals surface area contributed by atoms with Crippen molar-refractivity contribution in [3.63, 3.8) is 0 Å². The Kier molecular flexibility index (Phi) is 6.09. The molecule has 0 spiro atoms. The molecule has 0 radical (unpaired) electrons. The zero-order valence-corrected chi connectivity index (χ0v) is 15.2. The highest BCUT2D eigenvalue weighted by Crippen LogP contribution is 2.29. The second-order valence-corrected chi connectivity index (χ2v) is 6.82. The van der Waals surface area contributed by atoms with Crippen LogP contribution in [-0.4, -0.2) is 12.6 Å². The lowest BCUT2D eigenvalue weighted by Gasteiger charge is -2.18. The normalized spacial score (nSPS) is 12.5. The summed E-state index contributed by atoms with van der Waals surface area (Å²) in [6, 6.07) is 12.6. The van der Waals surface area contributed by atoms with Gasteiger partial charge in [-0.3, -0.25) is 0 Å². The SMILES string of the molecule is Cc1ccc(C(CN)Cc2ccc(OC(C)C)c(Cl)c2)cc1C. The van der Waals surface area contributed by atoms with Gasteiger partial charge in [-0.1, -0.05) is 35.9 Å². The van der Waals surface area contributed by atoms with Crippen molar-refractivity contribution in [2.24, 2.45) is 5.73 Å². The predicted octanol–water partition coefficient (Wildman–Crippen LogP) is 5.03. The minimum atomic E-state index is 0.116. The van der Waals surface area contributed by atoms with Crippen LogP contribution in [0.5, 0.6) is 5.75 Å². The van der Waals surface area contributed by atoms with E-state index in [4.69, 9.17) is 22.1 Å². The summed E-state index contributed by atoms with van der Waals surface area (Å²) < 4.78 is 5.69. The van der Waals surface area contributed by atoms with Crippen LogP contribution in [0.2, 0.25) is 5.02 Å². The summed E-state index contributed by atoms with van der Waals surface area (Å²) in [5.74, 6) is 1.03. The van der Waals surface area contributed by atoms with E-state index in [9.17, 15) is 0 Å². The summed E-state index contributed by atoms with van der Waals surface area (Å²) in [6.07, 6.45) is 0.992. The van der Waals surface area contributed by atoms with E-state index < -0.39 is 0 Å². The first-order valence-electron chi connectivity index (χ1n) is 8.13. The molecule has 0 heterocycles. The first kappa shape index (κ1) is 17.8. The van der Waals surface area contributed by atoms with Crippen molar-refractivity contribution >= 4 is 11.6 Å². The predicted molar refractivity (Wildman–Crippen MR) is 98.6 cm³/mol. The van der Waals surface area contributed by atoms with Crippen molar-refractivity contribution < 1.29 is 4.74 Å². The maximum atomic E-state index is 6.34. The molecule has 1 unspecified atom stereocenters. The number of rotatable bonds is 6. The molecule has 3 heteroatoms. The van der Waals surface area contributed by atoms with Gasteiger partial charge < -0.3 is 10.5 Å². The van der Waals surface area contributed by atoms with Crippen LogP contribution in [0.15, 0.2) is 36.4 Å². The molecule has 2 rings (SSSR count). The van der Waals surface area contributed by atoms with Crippen LogP contribution in [0, 0.1) is 13.8 Å². The highest BCUT2D eigenvalue weighted by Gasteiger charge is 2.13. The zero-order chi connectivity index (χ0) is 17.0. The summed E-state index contributed by atoms with van der Waals surface area (Å²) in [5, 5.41) is 0.659. The maximum absolute atomic E-state index is 6.34. The van der Waals surface area contributed by atoms with Gasteiger partial charge in [0.05, 0.1) is 11.1 Å². The van der Waals surface area contributed by atoms with E-state index in [1.807, 2.05) is 26.0 Å². The number of ether oxygens (including phenoxy) is 1. The van der Waals surface area contributed by atoms with Gasteiger partial charge in [-0.15, -0.1) is 0 Å². The van der Waals surface area contributed by atoms with E-state index in [-0.39, 0.29) is 6.10 Å². The van der Waals surface area contributed by atoms with E-state index in [1.165, 1.54) is 22.3 Å². The summed E-state index contributed by atoms with van der Waals surface area (Å²) in [5.41, 5.74) is 11.1. The number of benzene rings is 2. The first-order valence-corrected chi connectivity index (χ1v) is 8.50. The molecule has 0 amide bonds. The van der Waals surface area contributed by atoms with Gasteiger partial charge in [0.1, 0.15) is 5.75 Å². The Labute approximate surface area is 144 Å². The second kappa shape index (κ2) is 7.85. The van der Waals surface area contributed by atoms with Crippen molar-refractivity contribution in [3.8, 4) is 5.75 Å². The highest BCUT2D eigenvalue weighted by molar-refractivity contribution is 6.32. The van der Waals surface area contributed by atoms with Gasteiger partial charge in [0.15, 0.2) is 0 Å². The molecule has 1 atom stereocenters. The Balaban J connectivity index is 2.18. The monoisotopic (exact) mass is 331 g/mol. The number of halogens is 1. The molecule has 2 aromatic rings. The van der Waals surface area contributed by atoms with Gasteiger partial charge in [-0.2, -0.15) is 0 Å². The third-order valence-corrected chi connectivity index (χ3v) is 4.42. The van der Waals surface area contributed by atoms with Crippen LogP contribution in [0.1, 0.15) is 42.0 Å². The Morgan fingerprint density at radius 2 is 1.78 bits per heavy atom. The average Bonchev–Trinajstić information content (AvgIpc) is 2.50. The summed E-state index contributed by atoms with van der Waals surface area (Å²) in [4.78, 5) is 0. The van der Waals surface area contributed by atoms with Crippen molar-refractivity contribution in [3.05, 3.63) is 63.7 Å². The molecule has 0 aliphatic heterocycles. The third-order valence-electron chi connectivity index (χ3n) is 4.13. The van der Waals surface area contributed by atoms with E-state index in [0.717, 1.165) is 12.2 Å². The van der Waals surface area contributed by atoms with Crippen LogP contribution in [0.4, 0.5) is 0 Å². The van der Waals surface area contributed by atoms with Crippen molar-refractivity contribution in [2.45, 2.75) is 46.1 Å². The molecular weight excluding hydrogens is 306 g/mol. The second-order valence-electron chi connectivity index (χ2n) is 6.41. The molecular formula is C20H26ClNO. The largest absolute Gasteiger partial charge is 0.489 e. The quantitative estimate of drug-likeness (QED) is 0.805. The van der Waals surface area contributed by atoms with Crippen LogP contribution in [-0.2, 0) is 6.42 Å². The fraction of sp³-hybridized carbons (Fsp3) is 0.400. The van der Waals surface area contributed by atoms with Gasteiger partial charge in [0.2, 0.25) is 0 Å². The van der Waals surface area contributed by atoms with E-state index in [2.05, 4.69) is 38.1 Å². The fourth-order valence-corrected chi connectivity index (χ4v) is 2.91. The summed E-state index contributed by atoms with van der Waals surface area (Å²) in [6.45, 7) is 8.87. The maximum Gasteiger partial charge on any atom is 0.138 e. The van der Waals surface area contributed by atoms with Crippen molar-refractivity contribution in [1.82, 2.24) is 0 Å². The summed E-state index contributed by atoms with van der Waals surface area (Å²) >= 11 is 6.34. The number of aryl methyl sites for hydroxylation is 2. The minimum Gasteiger partial charge on any atom is -0.489 e. The molecule has 2 aromatic carbocycles. The molecule has 2 nitrogen and oxygen atoms in total. The molecule has 0 aromatic heterocycles. The van der Waals surface area contributed by atoms with Gasteiger partial charge in [-0.05, 0) is 75.0 Å². The van der Waals surface area contributed by atoms with Crippen LogP contribution in [0.3, 0.4) is 0 Å². The lowest BCUT2D eigenvalue weighted by atomic mass is 9.90. The third kappa shape index (κ3) is 4.73. The number of nitrogens with two attached hydrogens (primary N) is 1. The smallest absolute Gasteiger partial charge is 0.138 e. The minimum absolute atomic E-state index is 0.116. The molecule has 0 aliphatic rings. The van der Waals surface area contributed by atoms with E-state index >= 15 is 0 Å². The topological polar surface area (TPSA) is 35.2 Å². The molecule has 0 fully saturated rings. The fourth-order valence-electron chi connectivity index (χ4n) is 2.66. The molecule has 0 aliphatic carbocycles. The number of hydrogen-bond donors (Lipinski definition) is 1. The lowest BCUT2D eigenvalue weighted by Crippen LogP contribution is -2.15. The Hall–Kier alpha value is -1.51. The van der Waals surface area contributed by atoms with Crippen LogP contribution >= 0.6 is 11.6 Å². The molecule has 2 N–H and O–H groups in total. The molecule has 124 valence electrons. The van der Waals surface area contributed by atoms with Gasteiger partial charge in [-0.25, -0.2) is 0 Å². The Morgan fingerprint density at radius 3 is 2.35 bits per heavy atom. The van der Waals surface area contributed by atoms with E-state index in [1.54, 1.807) is 0 Å². The highest BCUT2D eigenvalue weighted by atomic mass is 35.5. The van der Waals surface area contributed by atoms with Gasteiger partial charge >= 0.3 is 0 Å².